The summed E-state index contributed by atoms with van der Waals surface area (Å²) in [5, 5.41) is 0. The fraction of sp³-hybridized carbons (Fsp3) is 1.00. The lowest BCUT2D eigenvalue weighted by Crippen LogP contribution is -2.48. The molecule has 1 heterocycles. The van der Waals surface area contributed by atoms with Crippen molar-refractivity contribution >= 4 is 0 Å². The summed E-state index contributed by atoms with van der Waals surface area (Å²) in [5.74, 6) is 1.66. The molecule has 1 saturated carbocycles. The van der Waals surface area contributed by atoms with Crippen LogP contribution in [0, 0.1) is 17.3 Å². The first-order chi connectivity index (χ1) is 8.88. The standard InChI is InChI=1S/C17H34N2/c1-13(18)14-6-5-11-19(12-14)16-9-7-15(8-10-16)17(2,3)4/h13-16H,5-12,18H2,1-4H3. The van der Waals surface area contributed by atoms with E-state index >= 15 is 0 Å². The van der Waals surface area contributed by atoms with Gasteiger partial charge in [-0.2, -0.15) is 0 Å². The molecule has 2 aliphatic rings. The summed E-state index contributed by atoms with van der Waals surface area (Å²) in [6.45, 7) is 12.0. The summed E-state index contributed by atoms with van der Waals surface area (Å²) >= 11 is 0. The molecule has 2 heteroatoms. The topological polar surface area (TPSA) is 29.3 Å². The van der Waals surface area contributed by atoms with E-state index in [0.29, 0.717) is 11.5 Å². The maximum atomic E-state index is 6.11. The first-order valence-electron chi connectivity index (χ1n) is 8.37. The maximum Gasteiger partial charge on any atom is 0.00955 e. The van der Waals surface area contributed by atoms with Gasteiger partial charge in [-0.05, 0) is 69.2 Å². The van der Waals surface area contributed by atoms with Crippen LogP contribution in [0.15, 0.2) is 0 Å². The van der Waals surface area contributed by atoms with Gasteiger partial charge in [0.25, 0.3) is 0 Å². The zero-order valence-corrected chi connectivity index (χ0v) is 13.5. The fourth-order valence-electron chi connectivity index (χ4n) is 4.11. The number of nitrogens with zero attached hydrogens (tertiary/aromatic N) is 1. The molecular weight excluding hydrogens is 232 g/mol. The average molecular weight is 266 g/mol. The van der Waals surface area contributed by atoms with Gasteiger partial charge in [-0.15, -0.1) is 0 Å². The molecule has 0 aromatic heterocycles. The second kappa shape index (κ2) is 6.13. The van der Waals surface area contributed by atoms with Crippen molar-refractivity contribution in [2.45, 2.75) is 78.3 Å². The second-order valence-electron chi connectivity index (χ2n) is 8.13. The molecule has 2 nitrogen and oxygen atoms in total. The number of rotatable bonds is 2. The van der Waals surface area contributed by atoms with Gasteiger partial charge in [0.05, 0.1) is 0 Å². The van der Waals surface area contributed by atoms with Crippen molar-refractivity contribution in [1.82, 2.24) is 4.90 Å². The van der Waals surface area contributed by atoms with E-state index in [1.807, 2.05) is 0 Å². The predicted octanol–water partition coefficient (Wildman–Crippen LogP) is 3.65. The monoisotopic (exact) mass is 266 g/mol. The van der Waals surface area contributed by atoms with Crippen LogP contribution in [-0.4, -0.2) is 30.1 Å². The van der Waals surface area contributed by atoms with Crippen molar-refractivity contribution in [3.8, 4) is 0 Å². The van der Waals surface area contributed by atoms with Gasteiger partial charge in [0, 0.05) is 18.6 Å². The van der Waals surface area contributed by atoms with Crippen molar-refractivity contribution < 1.29 is 0 Å². The van der Waals surface area contributed by atoms with Crippen LogP contribution in [0.1, 0.15) is 66.2 Å². The van der Waals surface area contributed by atoms with E-state index in [9.17, 15) is 0 Å². The number of hydrogen-bond acceptors (Lipinski definition) is 2. The quantitative estimate of drug-likeness (QED) is 0.826. The zero-order chi connectivity index (χ0) is 14.0. The van der Waals surface area contributed by atoms with E-state index in [2.05, 4.69) is 32.6 Å². The van der Waals surface area contributed by atoms with Gasteiger partial charge in [0.1, 0.15) is 0 Å². The first-order valence-corrected chi connectivity index (χ1v) is 8.37. The minimum absolute atomic E-state index is 0.369. The minimum atomic E-state index is 0.369. The Kier molecular flexibility index (Phi) is 4.94. The smallest absolute Gasteiger partial charge is 0.00955 e. The summed E-state index contributed by atoms with van der Waals surface area (Å²) in [5.41, 5.74) is 6.61. The number of piperidine rings is 1. The minimum Gasteiger partial charge on any atom is -0.328 e. The van der Waals surface area contributed by atoms with Crippen molar-refractivity contribution in [3.05, 3.63) is 0 Å². The van der Waals surface area contributed by atoms with E-state index in [0.717, 1.165) is 17.9 Å². The highest BCUT2D eigenvalue weighted by Gasteiger charge is 2.33. The van der Waals surface area contributed by atoms with Gasteiger partial charge >= 0.3 is 0 Å². The fourth-order valence-corrected chi connectivity index (χ4v) is 4.11. The molecule has 1 saturated heterocycles. The number of nitrogens with two attached hydrogens (primary N) is 1. The van der Waals surface area contributed by atoms with Crippen LogP contribution in [0.2, 0.25) is 0 Å². The predicted molar refractivity (Wildman–Crippen MR) is 83.1 cm³/mol. The van der Waals surface area contributed by atoms with Gasteiger partial charge in [0.2, 0.25) is 0 Å². The van der Waals surface area contributed by atoms with Crippen LogP contribution in [0.4, 0.5) is 0 Å². The Balaban J connectivity index is 1.84. The summed E-state index contributed by atoms with van der Waals surface area (Å²) in [6.07, 6.45) is 8.36. The molecule has 2 N–H and O–H groups in total. The Labute approximate surface area is 120 Å². The Hall–Kier alpha value is -0.0800. The molecule has 2 unspecified atom stereocenters. The molecule has 2 atom stereocenters. The molecular formula is C17H34N2. The molecule has 0 amide bonds. The largest absolute Gasteiger partial charge is 0.328 e. The lowest BCUT2D eigenvalue weighted by Gasteiger charge is -2.44. The SMILES string of the molecule is CC(N)C1CCCN(C2CCC(C(C)(C)C)CC2)C1. The average Bonchev–Trinajstić information content (AvgIpc) is 2.38. The third-order valence-electron chi connectivity index (χ3n) is 5.67. The maximum absolute atomic E-state index is 6.11. The third kappa shape index (κ3) is 3.95. The highest BCUT2D eigenvalue weighted by molar-refractivity contribution is 4.88. The summed E-state index contributed by atoms with van der Waals surface area (Å²) in [7, 11) is 0. The van der Waals surface area contributed by atoms with E-state index in [1.165, 1.54) is 51.6 Å². The van der Waals surface area contributed by atoms with Gasteiger partial charge in [-0.25, -0.2) is 0 Å². The van der Waals surface area contributed by atoms with E-state index in [-0.39, 0.29) is 0 Å². The van der Waals surface area contributed by atoms with Crippen LogP contribution in [0.5, 0.6) is 0 Å². The van der Waals surface area contributed by atoms with Crippen LogP contribution >= 0.6 is 0 Å². The van der Waals surface area contributed by atoms with Crippen molar-refractivity contribution in [2.75, 3.05) is 13.1 Å². The highest BCUT2D eigenvalue weighted by atomic mass is 15.2. The Morgan fingerprint density at radius 1 is 1.05 bits per heavy atom. The van der Waals surface area contributed by atoms with Crippen LogP contribution in [0.3, 0.4) is 0 Å². The molecule has 0 radical (unpaired) electrons. The molecule has 112 valence electrons. The summed E-state index contributed by atoms with van der Waals surface area (Å²) < 4.78 is 0. The molecule has 0 spiro atoms. The number of likely N-dealkylation sites (tertiary alicyclic amines) is 1. The Morgan fingerprint density at radius 2 is 1.68 bits per heavy atom. The number of hydrogen-bond donors (Lipinski definition) is 1. The van der Waals surface area contributed by atoms with Crippen molar-refractivity contribution in [1.29, 1.82) is 0 Å². The Bertz CT molecular complexity index is 271. The lowest BCUT2D eigenvalue weighted by molar-refractivity contribution is 0.0607. The summed E-state index contributed by atoms with van der Waals surface area (Å²) in [6, 6.07) is 1.22. The molecule has 2 fully saturated rings. The molecule has 0 aromatic rings. The van der Waals surface area contributed by atoms with E-state index < -0.39 is 0 Å². The van der Waals surface area contributed by atoms with E-state index in [4.69, 9.17) is 5.73 Å². The van der Waals surface area contributed by atoms with Gasteiger partial charge in [-0.3, -0.25) is 0 Å². The van der Waals surface area contributed by atoms with Gasteiger partial charge in [-0.1, -0.05) is 20.8 Å². The second-order valence-corrected chi connectivity index (χ2v) is 8.13. The summed E-state index contributed by atoms with van der Waals surface area (Å²) in [4.78, 5) is 2.76. The zero-order valence-electron chi connectivity index (χ0n) is 13.5. The molecule has 1 aliphatic heterocycles. The van der Waals surface area contributed by atoms with Crippen LogP contribution < -0.4 is 5.73 Å². The molecule has 2 rings (SSSR count). The third-order valence-corrected chi connectivity index (χ3v) is 5.67. The van der Waals surface area contributed by atoms with Gasteiger partial charge in [0.15, 0.2) is 0 Å². The van der Waals surface area contributed by atoms with Gasteiger partial charge < -0.3 is 10.6 Å². The van der Waals surface area contributed by atoms with Crippen LogP contribution in [0.25, 0.3) is 0 Å². The Morgan fingerprint density at radius 3 is 2.21 bits per heavy atom. The lowest BCUT2D eigenvalue weighted by atomic mass is 9.71. The van der Waals surface area contributed by atoms with Crippen LogP contribution in [-0.2, 0) is 0 Å². The first kappa shape index (κ1) is 15.3. The van der Waals surface area contributed by atoms with Crippen molar-refractivity contribution in [3.63, 3.8) is 0 Å². The van der Waals surface area contributed by atoms with E-state index in [1.54, 1.807) is 0 Å². The van der Waals surface area contributed by atoms with Crippen molar-refractivity contribution in [2.24, 2.45) is 23.0 Å². The molecule has 0 bridgehead atoms. The normalized spacial score (nSPS) is 36.2. The molecule has 0 aromatic carbocycles. The molecule has 19 heavy (non-hydrogen) atoms. The molecule has 1 aliphatic carbocycles. The highest BCUT2D eigenvalue weighted by Crippen LogP contribution is 2.39.